The Morgan fingerprint density at radius 2 is 1.43 bits per heavy atom. The van der Waals surface area contributed by atoms with Gasteiger partial charge in [0.2, 0.25) is 5.78 Å². The van der Waals surface area contributed by atoms with E-state index in [0.29, 0.717) is 13.1 Å². The number of piperazine rings is 1. The van der Waals surface area contributed by atoms with E-state index in [2.05, 4.69) is 4.90 Å². The molecule has 0 bridgehead atoms. The second kappa shape index (κ2) is 13.8. The van der Waals surface area contributed by atoms with Crippen LogP contribution in [-0.2, 0) is 22.6 Å². The summed E-state index contributed by atoms with van der Waals surface area (Å²) in [5.41, 5.74) is 0.847. The Bertz CT molecular complexity index is 1810. The molecular weight excluding hydrogens is 597 g/mol. The van der Waals surface area contributed by atoms with Crippen LogP contribution in [0.3, 0.4) is 0 Å². The molecule has 1 fully saturated rings. The maximum Gasteiger partial charge on any atom is 0.290 e. The van der Waals surface area contributed by atoms with Crippen LogP contribution in [0.25, 0.3) is 0 Å². The van der Waals surface area contributed by atoms with Crippen LogP contribution in [0.1, 0.15) is 33.5 Å². The summed E-state index contributed by atoms with van der Waals surface area (Å²) in [6.45, 7) is 1.25. The van der Waals surface area contributed by atoms with Crippen molar-refractivity contribution in [3.63, 3.8) is 0 Å². The van der Waals surface area contributed by atoms with Gasteiger partial charge in [0.05, 0.1) is 18.5 Å². The highest BCUT2D eigenvalue weighted by atomic mass is 19.1. The Balaban J connectivity index is 1.32. The maximum atomic E-state index is 14.5. The van der Waals surface area contributed by atoms with Gasteiger partial charge in [-0.2, -0.15) is 0 Å². The zero-order valence-corrected chi connectivity index (χ0v) is 25.5. The van der Waals surface area contributed by atoms with Crippen LogP contribution in [0.15, 0.2) is 83.8 Å². The van der Waals surface area contributed by atoms with Gasteiger partial charge in [0, 0.05) is 75.4 Å². The molecule has 0 spiro atoms. The zero-order chi connectivity index (χ0) is 33.0. The molecule has 1 amide bonds. The first-order valence-electron chi connectivity index (χ1n) is 14.8. The predicted molar refractivity (Wildman–Crippen MR) is 169 cm³/mol. The van der Waals surface area contributed by atoms with E-state index in [1.807, 2.05) is 43.3 Å². The van der Waals surface area contributed by atoms with Crippen LogP contribution in [0, 0.1) is 17.5 Å². The fraction of sp³-hybridized carbons (Fsp3) is 0.257. The summed E-state index contributed by atoms with van der Waals surface area (Å²) in [7, 11) is 3.90. The summed E-state index contributed by atoms with van der Waals surface area (Å²) < 4.78 is 44.4. The van der Waals surface area contributed by atoms with E-state index >= 15 is 0 Å². The molecule has 0 aliphatic carbocycles. The van der Waals surface area contributed by atoms with Crippen molar-refractivity contribution in [2.75, 3.05) is 50.1 Å². The summed E-state index contributed by atoms with van der Waals surface area (Å²) in [4.78, 5) is 58.2. The minimum atomic E-state index is -0.973. The van der Waals surface area contributed by atoms with E-state index in [1.54, 1.807) is 6.07 Å². The number of rotatable bonds is 10. The van der Waals surface area contributed by atoms with Gasteiger partial charge in [-0.3, -0.25) is 19.2 Å². The van der Waals surface area contributed by atoms with E-state index < -0.39 is 52.5 Å². The molecule has 8 nitrogen and oxygen atoms in total. The fourth-order valence-electron chi connectivity index (χ4n) is 5.45. The molecule has 46 heavy (non-hydrogen) atoms. The Hall–Kier alpha value is -5.19. The average molecular weight is 631 g/mol. The second-order valence-corrected chi connectivity index (χ2v) is 11.4. The number of pyridine rings is 1. The lowest BCUT2D eigenvalue weighted by Gasteiger charge is -2.36. The van der Waals surface area contributed by atoms with Crippen LogP contribution in [-0.4, -0.2) is 67.2 Å². The largest absolute Gasteiger partial charge is 0.378 e. The highest BCUT2D eigenvalue weighted by molar-refractivity contribution is 6.40. The fourth-order valence-corrected chi connectivity index (χ4v) is 5.45. The van der Waals surface area contributed by atoms with E-state index in [9.17, 15) is 32.3 Å². The van der Waals surface area contributed by atoms with Crippen molar-refractivity contribution in [1.82, 2.24) is 9.47 Å². The molecule has 1 aliphatic rings. The van der Waals surface area contributed by atoms with Crippen molar-refractivity contribution in [2.45, 2.75) is 19.4 Å². The number of anilines is 2. The Morgan fingerprint density at radius 1 is 0.804 bits per heavy atom. The van der Waals surface area contributed by atoms with Gasteiger partial charge in [-0.1, -0.05) is 24.3 Å². The highest BCUT2D eigenvalue weighted by Crippen LogP contribution is 2.22. The minimum Gasteiger partial charge on any atom is -0.378 e. The topological polar surface area (TPSA) is 82.9 Å². The number of benzene rings is 3. The minimum absolute atomic E-state index is 0.149. The van der Waals surface area contributed by atoms with Gasteiger partial charge >= 0.3 is 0 Å². The summed E-state index contributed by atoms with van der Waals surface area (Å²) in [6, 6.07) is 18.3. The molecule has 1 aliphatic heterocycles. The third kappa shape index (κ3) is 7.20. The highest BCUT2D eigenvalue weighted by Gasteiger charge is 2.29. The molecule has 4 aromatic rings. The van der Waals surface area contributed by atoms with Gasteiger partial charge in [0.15, 0.2) is 5.78 Å². The standard InChI is InChI=1S/C35H33F3N4O4/c1-39(2)25-10-12-26(13-11-25)40-14-16-41(17-15-40)35(46)33(44)20-32(43)28-19-23(18-27-30(37)8-5-9-31(27)38)21-42(34(28)45)22-24-6-3-4-7-29(24)36/h3-13,19,21H,14-18,20,22H2,1-2H3. The van der Waals surface area contributed by atoms with Crippen molar-refractivity contribution >= 4 is 28.8 Å². The van der Waals surface area contributed by atoms with Crippen molar-refractivity contribution < 1.29 is 27.6 Å². The van der Waals surface area contributed by atoms with Crippen LogP contribution in [0.4, 0.5) is 24.5 Å². The molecule has 2 heterocycles. The van der Waals surface area contributed by atoms with Crippen LogP contribution in [0.2, 0.25) is 0 Å². The summed E-state index contributed by atoms with van der Waals surface area (Å²) in [5, 5.41) is 0. The van der Waals surface area contributed by atoms with Crippen LogP contribution >= 0.6 is 0 Å². The zero-order valence-electron chi connectivity index (χ0n) is 25.5. The number of halogens is 3. The molecular formula is C35H33F3N4O4. The van der Waals surface area contributed by atoms with Crippen LogP contribution < -0.4 is 15.4 Å². The number of nitrogens with zero attached hydrogens (tertiary/aromatic N) is 4. The first-order valence-corrected chi connectivity index (χ1v) is 14.8. The SMILES string of the molecule is CN(C)c1ccc(N2CCN(C(=O)C(=O)CC(=O)c3cc(Cc4c(F)cccc4F)cn(Cc4ccccc4F)c3=O)CC2)cc1. The second-order valence-electron chi connectivity index (χ2n) is 11.4. The van der Waals surface area contributed by atoms with E-state index in [-0.39, 0.29) is 42.7 Å². The molecule has 238 valence electrons. The third-order valence-corrected chi connectivity index (χ3v) is 8.04. The summed E-state index contributed by atoms with van der Waals surface area (Å²) >= 11 is 0. The normalized spacial score (nSPS) is 13.1. The number of hydrogen-bond acceptors (Lipinski definition) is 6. The number of ketones is 2. The van der Waals surface area contributed by atoms with Gasteiger partial charge in [-0.25, -0.2) is 13.2 Å². The van der Waals surface area contributed by atoms with Crippen molar-refractivity contribution in [3.05, 3.63) is 129 Å². The van der Waals surface area contributed by atoms with Gasteiger partial charge in [-0.15, -0.1) is 0 Å². The number of Topliss-reactive ketones (excluding diaryl/α,β-unsaturated/α-hetero) is 2. The first kappa shape index (κ1) is 32.2. The molecule has 1 saturated heterocycles. The van der Waals surface area contributed by atoms with E-state index in [1.165, 1.54) is 41.4 Å². The molecule has 1 aromatic heterocycles. The Labute approximate surface area is 264 Å². The number of aromatic nitrogens is 1. The molecule has 0 radical (unpaired) electrons. The van der Waals surface area contributed by atoms with Gasteiger partial charge in [0.25, 0.3) is 11.5 Å². The number of hydrogen-bond donors (Lipinski definition) is 0. The molecule has 0 saturated carbocycles. The Kier molecular flexibility index (Phi) is 9.69. The van der Waals surface area contributed by atoms with E-state index in [4.69, 9.17) is 0 Å². The molecule has 5 rings (SSSR count). The Morgan fingerprint density at radius 3 is 2.07 bits per heavy atom. The molecule has 11 heteroatoms. The summed E-state index contributed by atoms with van der Waals surface area (Å²) in [6.07, 6.45) is 0.126. The molecule has 0 N–H and O–H groups in total. The molecule has 0 unspecified atom stereocenters. The smallest absolute Gasteiger partial charge is 0.290 e. The van der Waals surface area contributed by atoms with Gasteiger partial charge in [0.1, 0.15) is 17.5 Å². The van der Waals surface area contributed by atoms with Crippen LogP contribution in [0.5, 0.6) is 0 Å². The lowest BCUT2D eigenvalue weighted by atomic mass is 10.0. The number of amides is 1. The number of carbonyl (C=O) groups excluding carboxylic acids is 3. The summed E-state index contributed by atoms with van der Waals surface area (Å²) in [5.74, 6) is -4.93. The van der Waals surface area contributed by atoms with Crippen molar-refractivity contribution in [3.8, 4) is 0 Å². The van der Waals surface area contributed by atoms with E-state index in [0.717, 1.165) is 28.1 Å². The van der Waals surface area contributed by atoms with Gasteiger partial charge < -0.3 is 19.3 Å². The lowest BCUT2D eigenvalue weighted by molar-refractivity contribution is -0.144. The molecule has 3 aromatic carbocycles. The van der Waals surface area contributed by atoms with Crippen molar-refractivity contribution in [1.29, 1.82) is 0 Å². The number of carbonyl (C=O) groups is 3. The molecule has 0 atom stereocenters. The third-order valence-electron chi connectivity index (χ3n) is 8.04. The van der Waals surface area contributed by atoms with Crippen molar-refractivity contribution in [2.24, 2.45) is 0 Å². The monoisotopic (exact) mass is 630 g/mol. The lowest BCUT2D eigenvalue weighted by Crippen LogP contribution is -2.51. The first-order chi connectivity index (χ1) is 22.0. The average Bonchev–Trinajstić information content (AvgIpc) is 3.05. The predicted octanol–water partition coefficient (Wildman–Crippen LogP) is 4.46. The van der Waals surface area contributed by atoms with Gasteiger partial charge in [-0.05, 0) is 54.1 Å². The quantitative estimate of drug-likeness (QED) is 0.146. The maximum absolute atomic E-state index is 14.5.